The summed E-state index contributed by atoms with van der Waals surface area (Å²) in [4.78, 5) is 4.36. The number of rotatable bonds is 2. The topological polar surface area (TPSA) is 68.2 Å². The second-order valence-corrected chi connectivity index (χ2v) is 4.75. The van der Waals surface area contributed by atoms with Gasteiger partial charge in [-0.1, -0.05) is 6.07 Å². The van der Waals surface area contributed by atoms with E-state index in [-0.39, 0.29) is 0 Å². The number of nitrogens with one attached hydrogen (secondary N) is 1. The summed E-state index contributed by atoms with van der Waals surface area (Å²) < 4.78 is 2.66. The molecule has 2 heterocycles. The molecular formula is C12H10BrN5. The highest BCUT2D eigenvalue weighted by molar-refractivity contribution is 9.10. The van der Waals surface area contributed by atoms with Gasteiger partial charge in [0.05, 0.1) is 0 Å². The number of benzene rings is 1. The van der Waals surface area contributed by atoms with Gasteiger partial charge in [-0.05, 0) is 46.3 Å². The van der Waals surface area contributed by atoms with Crippen molar-refractivity contribution in [2.45, 2.75) is 0 Å². The van der Waals surface area contributed by atoms with E-state index in [9.17, 15) is 0 Å². The number of nitrogens with two attached hydrogens (primary N) is 1. The minimum absolute atomic E-state index is 0.540. The number of aromatic nitrogens is 3. The van der Waals surface area contributed by atoms with Crippen molar-refractivity contribution in [3.8, 4) is 0 Å². The normalized spacial score (nSPS) is 10.7. The zero-order chi connectivity index (χ0) is 12.5. The largest absolute Gasteiger partial charge is 0.399 e. The molecule has 0 unspecified atom stereocenters. The molecule has 0 aliphatic carbocycles. The molecule has 0 saturated carbocycles. The van der Waals surface area contributed by atoms with Crippen LogP contribution in [0.2, 0.25) is 0 Å². The standard InChI is InChI=1S/C12H10BrN5/c13-8-4-5-11-16-12(17-18(11)7-8)15-10-3-1-2-9(14)6-10/h1-7H,14H2,(H,15,17). The van der Waals surface area contributed by atoms with Gasteiger partial charge < -0.3 is 11.1 Å². The minimum Gasteiger partial charge on any atom is -0.399 e. The van der Waals surface area contributed by atoms with Crippen LogP contribution < -0.4 is 11.1 Å². The molecule has 18 heavy (non-hydrogen) atoms. The van der Waals surface area contributed by atoms with Crippen LogP contribution in [0.1, 0.15) is 0 Å². The smallest absolute Gasteiger partial charge is 0.247 e. The van der Waals surface area contributed by atoms with Gasteiger partial charge >= 0.3 is 0 Å². The molecule has 0 amide bonds. The second-order valence-electron chi connectivity index (χ2n) is 3.84. The second kappa shape index (κ2) is 4.30. The van der Waals surface area contributed by atoms with Crippen LogP contribution in [0.4, 0.5) is 17.3 Å². The van der Waals surface area contributed by atoms with Crippen LogP contribution in [0.3, 0.4) is 0 Å². The Hall–Kier alpha value is -2.08. The number of hydrogen-bond donors (Lipinski definition) is 2. The molecule has 1 aromatic carbocycles. The lowest BCUT2D eigenvalue weighted by Crippen LogP contribution is -1.94. The summed E-state index contributed by atoms with van der Waals surface area (Å²) in [6.45, 7) is 0. The SMILES string of the molecule is Nc1cccc(Nc2nc3ccc(Br)cn3n2)c1. The van der Waals surface area contributed by atoms with Crippen LogP contribution in [0.15, 0.2) is 47.1 Å². The third kappa shape index (κ3) is 2.14. The first-order valence-corrected chi connectivity index (χ1v) is 6.14. The first kappa shape index (κ1) is 11.0. The lowest BCUT2D eigenvalue weighted by molar-refractivity contribution is 0.960. The number of fused-ring (bicyclic) bond motifs is 1. The molecule has 0 radical (unpaired) electrons. The Labute approximate surface area is 112 Å². The van der Waals surface area contributed by atoms with Crippen LogP contribution in [0.5, 0.6) is 0 Å². The van der Waals surface area contributed by atoms with Gasteiger partial charge in [-0.15, -0.1) is 5.10 Å². The monoisotopic (exact) mass is 303 g/mol. The zero-order valence-electron chi connectivity index (χ0n) is 9.34. The van der Waals surface area contributed by atoms with Gasteiger partial charge in [-0.3, -0.25) is 0 Å². The molecule has 0 fully saturated rings. The number of pyridine rings is 1. The van der Waals surface area contributed by atoms with Crippen LogP contribution >= 0.6 is 15.9 Å². The van der Waals surface area contributed by atoms with Gasteiger partial charge in [0.1, 0.15) is 0 Å². The molecule has 3 aromatic rings. The molecule has 5 nitrogen and oxygen atoms in total. The highest BCUT2D eigenvalue weighted by Crippen LogP contribution is 2.17. The van der Waals surface area contributed by atoms with Gasteiger partial charge in [0.15, 0.2) is 5.65 Å². The molecule has 3 rings (SSSR count). The van der Waals surface area contributed by atoms with Crippen LogP contribution in [0, 0.1) is 0 Å². The number of anilines is 3. The highest BCUT2D eigenvalue weighted by Gasteiger charge is 2.04. The van der Waals surface area contributed by atoms with Crippen molar-refractivity contribution in [1.29, 1.82) is 0 Å². The van der Waals surface area contributed by atoms with Crippen molar-refractivity contribution < 1.29 is 0 Å². The molecule has 0 aliphatic rings. The van der Waals surface area contributed by atoms with E-state index in [4.69, 9.17) is 5.73 Å². The van der Waals surface area contributed by atoms with Gasteiger partial charge in [0, 0.05) is 22.0 Å². The van der Waals surface area contributed by atoms with E-state index >= 15 is 0 Å². The molecule has 90 valence electrons. The summed E-state index contributed by atoms with van der Waals surface area (Å²) in [6, 6.07) is 11.3. The van der Waals surface area contributed by atoms with Crippen LogP contribution in [-0.2, 0) is 0 Å². The maximum Gasteiger partial charge on any atom is 0.247 e. The van der Waals surface area contributed by atoms with Crippen LogP contribution in [-0.4, -0.2) is 14.6 Å². The average molecular weight is 304 g/mol. The molecule has 2 aromatic heterocycles. The summed E-state index contributed by atoms with van der Waals surface area (Å²) in [7, 11) is 0. The maximum atomic E-state index is 5.71. The van der Waals surface area contributed by atoms with E-state index in [1.165, 1.54) is 0 Å². The van der Waals surface area contributed by atoms with E-state index in [0.29, 0.717) is 11.6 Å². The maximum absolute atomic E-state index is 5.71. The van der Waals surface area contributed by atoms with Crippen LogP contribution in [0.25, 0.3) is 5.65 Å². The summed E-state index contributed by atoms with van der Waals surface area (Å²) >= 11 is 3.39. The van der Waals surface area contributed by atoms with Gasteiger partial charge in [-0.25, -0.2) is 4.52 Å². The molecule has 0 aliphatic heterocycles. The Morgan fingerprint density at radius 1 is 1.22 bits per heavy atom. The first-order valence-electron chi connectivity index (χ1n) is 5.35. The number of nitrogen functional groups attached to an aromatic ring is 1. The van der Waals surface area contributed by atoms with E-state index in [1.54, 1.807) is 4.52 Å². The molecular weight excluding hydrogens is 294 g/mol. The summed E-state index contributed by atoms with van der Waals surface area (Å²) in [5.74, 6) is 0.540. The first-order chi connectivity index (χ1) is 8.70. The predicted molar refractivity (Wildman–Crippen MR) is 74.8 cm³/mol. The van der Waals surface area contributed by atoms with Crippen molar-refractivity contribution in [2.75, 3.05) is 11.1 Å². The van der Waals surface area contributed by atoms with E-state index in [0.717, 1.165) is 15.8 Å². The fourth-order valence-corrected chi connectivity index (χ4v) is 1.98. The molecule has 6 heteroatoms. The lowest BCUT2D eigenvalue weighted by Gasteiger charge is -2.01. The van der Waals surface area contributed by atoms with E-state index in [2.05, 4.69) is 31.3 Å². The fourth-order valence-electron chi connectivity index (χ4n) is 1.66. The predicted octanol–water partition coefficient (Wildman–Crippen LogP) is 2.82. The zero-order valence-corrected chi connectivity index (χ0v) is 10.9. The fraction of sp³-hybridized carbons (Fsp3) is 0. The third-order valence-electron chi connectivity index (χ3n) is 2.44. The minimum atomic E-state index is 0.540. The van der Waals surface area contributed by atoms with Crippen molar-refractivity contribution in [2.24, 2.45) is 0 Å². The van der Waals surface area contributed by atoms with Gasteiger partial charge in [0.2, 0.25) is 5.95 Å². The summed E-state index contributed by atoms with van der Waals surface area (Å²) in [6.07, 6.45) is 1.85. The molecule has 0 atom stereocenters. The van der Waals surface area contributed by atoms with E-state index in [1.807, 2.05) is 42.6 Å². The Morgan fingerprint density at radius 3 is 2.94 bits per heavy atom. The Morgan fingerprint density at radius 2 is 2.11 bits per heavy atom. The summed E-state index contributed by atoms with van der Waals surface area (Å²) in [5, 5.41) is 7.44. The Balaban J connectivity index is 1.95. The number of nitrogens with zero attached hydrogens (tertiary/aromatic N) is 3. The molecule has 0 spiro atoms. The average Bonchev–Trinajstić information content (AvgIpc) is 2.70. The highest BCUT2D eigenvalue weighted by atomic mass is 79.9. The number of hydrogen-bond acceptors (Lipinski definition) is 4. The number of halogens is 1. The molecule has 0 bridgehead atoms. The Bertz CT molecular complexity index is 707. The quantitative estimate of drug-likeness (QED) is 0.714. The van der Waals surface area contributed by atoms with Crippen molar-refractivity contribution in [3.63, 3.8) is 0 Å². The van der Waals surface area contributed by atoms with E-state index < -0.39 is 0 Å². The molecule has 0 saturated heterocycles. The van der Waals surface area contributed by atoms with Crippen molar-refractivity contribution in [3.05, 3.63) is 47.1 Å². The lowest BCUT2D eigenvalue weighted by atomic mass is 10.3. The van der Waals surface area contributed by atoms with Crippen molar-refractivity contribution in [1.82, 2.24) is 14.6 Å². The summed E-state index contributed by atoms with van der Waals surface area (Å²) in [5.41, 5.74) is 8.06. The Kier molecular flexibility index (Phi) is 2.64. The molecule has 3 N–H and O–H groups in total. The van der Waals surface area contributed by atoms with Gasteiger partial charge in [0.25, 0.3) is 0 Å². The van der Waals surface area contributed by atoms with Gasteiger partial charge in [-0.2, -0.15) is 4.98 Å². The third-order valence-corrected chi connectivity index (χ3v) is 2.91. The van der Waals surface area contributed by atoms with Crippen molar-refractivity contribution >= 4 is 38.9 Å².